The number of ether oxygens (including phenoxy) is 1. The highest BCUT2D eigenvalue weighted by Gasteiger charge is 2.29. The van der Waals surface area contributed by atoms with E-state index in [4.69, 9.17) is 27.9 Å². The van der Waals surface area contributed by atoms with Crippen molar-refractivity contribution in [2.24, 2.45) is 0 Å². The Hall–Kier alpha value is -3.98. The Morgan fingerprint density at radius 3 is 2.44 bits per heavy atom. The smallest absolute Gasteiger partial charge is 0.258 e. The zero-order valence-corrected chi connectivity index (χ0v) is 32.4. The fourth-order valence-corrected chi connectivity index (χ4v) is 8.02. The number of halogens is 2. The van der Waals surface area contributed by atoms with Crippen LogP contribution < -0.4 is 10.1 Å². The van der Waals surface area contributed by atoms with Crippen LogP contribution in [0.25, 0.3) is 10.8 Å². The number of carbonyl (C=O) groups is 2. The minimum atomic E-state index is -1.53. The molecule has 0 radical (unpaired) electrons. The molecule has 5 rings (SSSR count). The van der Waals surface area contributed by atoms with Crippen LogP contribution in [0.1, 0.15) is 72.0 Å². The summed E-state index contributed by atoms with van der Waals surface area (Å²) in [5.41, 5.74) is 1.60. The first-order chi connectivity index (χ1) is 24.7. The highest BCUT2D eigenvalue weighted by Crippen LogP contribution is 2.36. The second-order valence-corrected chi connectivity index (χ2v) is 16.0. The molecule has 1 aliphatic heterocycles. The number of nitriles is 1. The van der Waals surface area contributed by atoms with Gasteiger partial charge in [-0.15, -0.1) is 0 Å². The van der Waals surface area contributed by atoms with Crippen LogP contribution in [0.5, 0.6) is 5.75 Å². The molecule has 52 heavy (non-hydrogen) atoms. The first-order valence-corrected chi connectivity index (χ1v) is 19.5. The predicted molar refractivity (Wildman–Crippen MR) is 208 cm³/mol. The fraction of sp³-hybridized carbons (Fsp3) is 0.375. The Labute approximate surface area is 317 Å². The molecule has 1 fully saturated rings. The second-order valence-electron chi connectivity index (χ2n) is 13.8. The van der Waals surface area contributed by atoms with Gasteiger partial charge in [-0.25, -0.2) is 0 Å². The van der Waals surface area contributed by atoms with E-state index < -0.39 is 22.3 Å². The van der Waals surface area contributed by atoms with E-state index in [-0.39, 0.29) is 23.5 Å². The van der Waals surface area contributed by atoms with E-state index in [1.807, 2.05) is 42.5 Å². The van der Waals surface area contributed by atoms with Crippen LogP contribution in [0.15, 0.2) is 71.6 Å². The fourth-order valence-electron chi connectivity index (χ4n) is 6.86. The number of likely N-dealkylation sites (N-methyl/N-ethyl adjacent to an activating group) is 1. The summed E-state index contributed by atoms with van der Waals surface area (Å²) in [7, 11) is 1.97. The van der Waals surface area contributed by atoms with Crippen LogP contribution in [0.2, 0.25) is 10.0 Å². The normalized spacial score (nSPS) is 15.1. The number of nitrogens with zero attached hydrogens (tertiary/aromatic N) is 3. The van der Waals surface area contributed by atoms with Crippen molar-refractivity contribution in [1.29, 1.82) is 5.26 Å². The molecule has 1 aliphatic rings. The topological polar surface area (TPSA) is 123 Å². The van der Waals surface area contributed by atoms with Crippen LogP contribution in [-0.2, 0) is 15.6 Å². The van der Waals surface area contributed by atoms with Crippen molar-refractivity contribution in [3.05, 3.63) is 99.0 Å². The number of benzene rings is 4. The molecule has 1 heterocycles. The molecule has 274 valence electrons. The Morgan fingerprint density at radius 1 is 1.10 bits per heavy atom. The van der Waals surface area contributed by atoms with Crippen LogP contribution in [0.4, 0.5) is 5.69 Å². The van der Waals surface area contributed by atoms with Gasteiger partial charge >= 0.3 is 0 Å². The molecular formula is C40H44Cl2N4O5S. The van der Waals surface area contributed by atoms with E-state index in [1.165, 1.54) is 21.0 Å². The number of anilines is 1. The maximum atomic E-state index is 14.2. The third-order valence-electron chi connectivity index (χ3n) is 9.75. The van der Waals surface area contributed by atoms with Crippen LogP contribution >= 0.6 is 23.2 Å². The highest BCUT2D eigenvalue weighted by atomic mass is 35.5. The molecule has 0 spiro atoms. The quantitative estimate of drug-likeness (QED) is 0.152. The first-order valence-electron chi connectivity index (χ1n) is 17.2. The van der Waals surface area contributed by atoms with E-state index in [0.29, 0.717) is 43.7 Å². The van der Waals surface area contributed by atoms with Gasteiger partial charge in [0.2, 0.25) is 0 Å². The molecule has 0 aromatic heterocycles. The number of carbonyl (C=O) groups excluding carboxylic acids is 2. The number of hydrogen-bond acceptors (Lipinski definition) is 7. The summed E-state index contributed by atoms with van der Waals surface area (Å²) in [4.78, 5) is 31.3. The van der Waals surface area contributed by atoms with Gasteiger partial charge in [0.15, 0.2) is 0 Å². The molecule has 1 saturated heterocycles. The van der Waals surface area contributed by atoms with Crippen molar-refractivity contribution in [3.8, 4) is 11.8 Å². The number of amides is 2. The first kappa shape index (κ1) is 39.2. The summed E-state index contributed by atoms with van der Waals surface area (Å²) < 4.78 is 18.4. The van der Waals surface area contributed by atoms with Crippen LogP contribution in [-0.4, -0.2) is 83.1 Å². The minimum absolute atomic E-state index is 0.0707. The third-order valence-corrected chi connectivity index (χ3v) is 11.5. The molecule has 9 nitrogen and oxygen atoms in total. The molecule has 2 atom stereocenters. The average molecular weight is 764 g/mol. The zero-order chi connectivity index (χ0) is 37.7. The summed E-state index contributed by atoms with van der Waals surface area (Å²) in [5.74, 6) is -0.379. The summed E-state index contributed by atoms with van der Waals surface area (Å²) >= 11 is 12.8. The van der Waals surface area contributed by atoms with Crippen molar-refractivity contribution in [2.75, 3.05) is 51.9 Å². The molecular weight excluding hydrogens is 719 g/mol. The monoisotopic (exact) mass is 762 g/mol. The molecule has 0 bridgehead atoms. The van der Waals surface area contributed by atoms with Gasteiger partial charge in [0.1, 0.15) is 17.4 Å². The van der Waals surface area contributed by atoms with Crippen LogP contribution in [0.3, 0.4) is 0 Å². The van der Waals surface area contributed by atoms with Crippen molar-refractivity contribution < 1.29 is 23.6 Å². The molecule has 0 saturated carbocycles. The van der Waals surface area contributed by atoms with E-state index in [0.717, 1.165) is 55.4 Å². The lowest BCUT2D eigenvalue weighted by Gasteiger charge is -2.34. The number of aliphatic hydroxyl groups is 1. The van der Waals surface area contributed by atoms with Gasteiger partial charge in [-0.05, 0) is 111 Å². The zero-order valence-electron chi connectivity index (χ0n) is 30.0. The molecule has 12 heteroatoms. The maximum Gasteiger partial charge on any atom is 0.258 e. The van der Waals surface area contributed by atoms with E-state index >= 15 is 0 Å². The maximum absolute atomic E-state index is 14.2. The highest BCUT2D eigenvalue weighted by molar-refractivity contribution is 7.84. The van der Waals surface area contributed by atoms with Gasteiger partial charge in [-0.3, -0.25) is 13.8 Å². The van der Waals surface area contributed by atoms with Crippen molar-refractivity contribution in [1.82, 2.24) is 9.80 Å². The molecule has 2 amide bonds. The predicted octanol–water partition coefficient (Wildman–Crippen LogP) is 7.60. The molecule has 1 unspecified atom stereocenters. The summed E-state index contributed by atoms with van der Waals surface area (Å²) in [6.45, 7) is 5.69. The van der Waals surface area contributed by atoms with Gasteiger partial charge in [-0.2, -0.15) is 5.26 Å². The van der Waals surface area contributed by atoms with Crippen LogP contribution in [0, 0.1) is 11.3 Å². The van der Waals surface area contributed by atoms with Gasteiger partial charge in [0, 0.05) is 36.3 Å². The van der Waals surface area contributed by atoms with Gasteiger partial charge in [-0.1, -0.05) is 59.6 Å². The summed E-state index contributed by atoms with van der Waals surface area (Å²) in [6.07, 6.45) is 4.13. The Balaban J connectivity index is 1.31. The van der Waals surface area contributed by atoms with Gasteiger partial charge < -0.3 is 25.0 Å². The number of piperidine rings is 1. The van der Waals surface area contributed by atoms with Crippen molar-refractivity contribution in [3.63, 3.8) is 0 Å². The van der Waals surface area contributed by atoms with Gasteiger partial charge in [0.25, 0.3) is 11.8 Å². The van der Waals surface area contributed by atoms with Gasteiger partial charge in [0.05, 0.1) is 39.1 Å². The van der Waals surface area contributed by atoms with E-state index in [9.17, 15) is 24.2 Å². The van der Waals surface area contributed by atoms with E-state index in [2.05, 4.69) is 16.3 Å². The lowest BCUT2D eigenvalue weighted by molar-refractivity contribution is -0.130. The molecule has 4 aromatic rings. The largest absolute Gasteiger partial charge is 0.495 e. The van der Waals surface area contributed by atoms with Crippen molar-refractivity contribution in [2.45, 2.75) is 55.4 Å². The third kappa shape index (κ3) is 8.96. The molecule has 0 aliphatic carbocycles. The number of methoxy groups -OCH3 is 1. The number of fused-ring (bicyclic) bond motifs is 1. The standard InChI is InChI=1S/C40H44Cl2N4O5S/c1-40(2,49)39(48)44-30-11-12-31(35(22-30)52(5)50)25-14-17-46(18-15-25)19-16-28(26-10-13-33(41)34(42)21-26)24-45(3)38(47)36-32-9-7-6-8-27(32)20-29(23-43)37(36)51-4/h6-13,20-22,25,28,49H,14-19,24H2,1-5H3,(H,44,48)/t28-,52?/m1/s1. The lowest BCUT2D eigenvalue weighted by Crippen LogP contribution is -2.37. The minimum Gasteiger partial charge on any atom is -0.495 e. The second kappa shape index (κ2) is 16.8. The summed E-state index contributed by atoms with van der Waals surface area (Å²) in [5, 5.41) is 25.0. The Bertz CT molecular complexity index is 2040. The lowest BCUT2D eigenvalue weighted by atomic mass is 9.88. The number of rotatable bonds is 12. The van der Waals surface area contributed by atoms with E-state index in [1.54, 1.807) is 42.5 Å². The Morgan fingerprint density at radius 2 is 1.81 bits per heavy atom. The average Bonchev–Trinajstić information content (AvgIpc) is 3.13. The SMILES string of the molecule is COc1c(C#N)cc2ccccc2c1C(=O)N(C)C[C@@H](CCN1CCC(c2ccc(NC(=O)C(C)(C)O)cc2S(C)=O)CC1)c1ccc(Cl)c(Cl)c1. The molecule has 4 aromatic carbocycles. The summed E-state index contributed by atoms with van der Waals surface area (Å²) in [6, 6.07) is 22.5. The number of hydrogen-bond donors (Lipinski definition) is 2. The number of likely N-dealkylation sites (tertiary alicyclic amines) is 1. The molecule has 2 N–H and O–H groups in total. The number of nitrogens with one attached hydrogen (secondary N) is 1. The van der Waals surface area contributed by atoms with Crippen molar-refractivity contribution >= 4 is 62.3 Å². The Kier molecular flexibility index (Phi) is 12.7.